The van der Waals surface area contributed by atoms with Crippen LogP contribution in [0.1, 0.15) is 115 Å². The molecule has 5 heteroatoms. The van der Waals surface area contributed by atoms with Crippen LogP contribution in [0.3, 0.4) is 0 Å². The summed E-state index contributed by atoms with van der Waals surface area (Å²) in [5.74, 6) is 2.16. The van der Waals surface area contributed by atoms with Crippen molar-refractivity contribution >= 4 is 0 Å². The van der Waals surface area contributed by atoms with Gasteiger partial charge in [-0.05, 0) is 73.2 Å². The maximum Gasteiger partial charge on any atom is 0.127 e. The molecule has 0 spiro atoms. The molecule has 2 rings (SSSR count). The minimum atomic E-state index is -0.125. The van der Waals surface area contributed by atoms with E-state index >= 15 is 0 Å². The lowest BCUT2D eigenvalue weighted by atomic mass is 10.0. The summed E-state index contributed by atoms with van der Waals surface area (Å²) in [6.07, 6.45) is 19.4. The number of hydrogen-bond acceptors (Lipinski definition) is 5. The summed E-state index contributed by atoms with van der Waals surface area (Å²) in [7, 11) is 0. The number of aliphatic hydroxyl groups is 2. The Balaban J connectivity index is -0.000000249. The van der Waals surface area contributed by atoms with Gasteiger partial charge in [0.2, 0.25) is 0 Å². The lowest BCUT2D eigenvalue weighted by Crippen LogP contribution is -1.92. The van der Waals surface area contributed by atoms with Crippen molar-refractivity contribution < 1.29 is 25.2 Å². The van der Waals surface area contributed by atoms with Gasteiger partial charge in [0.15, 0.2) is 0 Å². The maximum absolute atomic E-state index is 10.3. The van der Waals surface area contributed by atoms with Gasteiger partial charge in [0, 0.05) is 0 Å². The van der Waals surface area contributed by atoms with E-state index in [0.717, 1.165) is 48.3 Å². The molecule has 0 aromatic heterocycles. The van der Waals surface area contributed by atoms with E-state index in [1.165, 1.54) is 77.0 Å². The smallest absolute Gasteiger partial charge is 0.127 e. The summed E-state index contributed by atoms with van der Waals surface area (Å²) in [5, 5.41) is 35.8. The largest absolute Gasteiger partial charge is 0.508 e. The van der Waals surface area contributed by atoms with Gasteiger partial charge in [-0.15, -0.1) is 78.9 Å². The van der Waals surface area contributed by atoms with Crippen LogP contribution >= 0.6 is 0 Å². The van der Waals surface area contributed by atoms with Crippen molar-refractivity contribution in [1.82, 2.24) is 0 Å². The van der Waals surface area contributed by atoms with E-state index in [4.69, 9.17) is 14.9 Å². The molecule has 0 heterocycles. The minimum Gasteiger partial charge on any atom is -0.508 e. The Morgan fingerprint density at radius 1 is 0.429 bits per heavy atom. The topological polar surface area (TPSA) is 90.2 Å². The number of hydrogen-bond donors (Lipinski definition) is 4. The number of ether oxygens (including phenoxy) is 1. The van der Waals surface area contributed by atoms with E-state index in [9.17, 15) is 10.2 Å². The van der Waals surface area contributed by atoms with Crippen LogP contribution in [0.25, 0.3) is 0 Å². The zero-order chi connectivity index (χ0) is 39.1. The first-order valence-corrected chi connectivity index (χ1v) is 17.6. The molecule has 0 unspecified atom stereocenters. The number of rotatable bonds is 19. The van der Waals surface area contributed by atoms with Crippen molar-refractivity contribution in [3.8, 4) is 23.0 Å². The third-order valence-electron chi connectivity index (χ3n) is 6.54. The van der Waals surface area contributed by atoms with Crippen LogP contribution in [0.4, 0.5) is 0 Å². The van der Waals surface area contributed by atoms with Crippen LogP contribution in [-0.4, -0.2) is 33.6 Å². The number of phenols is 2. The molecule has 0 aliphatic rings. The summed E-state index contributed by atoms with van der Waals surface area (Å²) < 4.78 is 6.09. The second kappa shape index (κ2) is 53.7. The highest BCUT2D eigenvalue weighted by atomic mass is 16.5. The highest BCUT2D eigenvalue weighted by Crippen LogP contribution is 2.31. The van der Waals surface area contributed by atoms with Gasteiger partial charge in [-0.2, -0.15) is 0 Å². The molecular formula is C44H76O5. The summed E-state index contributed by atoms with van der Waals surface area (Å²) in [4.78, 5) is 0. The van der Waals surface area contributed by atoms with Crippen molar-refractivity contribution in [3.05, 3.63) is 126 Å². The van der Waals surface area contributed by atoms with Crippen molar-refractivity contribution in [3.63, 3.8) is 0 Å². The van der Waals surface area contributed by atoms with Crippen molar-refractivity contribution in [1.29, 1.82) is 0 Å². The SMILES string of the molecule is C=C.C=C.C=C.C=C.C=C.C=C.CCCCCCCCCc1cc(Oc2ccc(O)c(CCCCCCCCC)c2)ccc1O.OCCO. The van der Waals surface area contributed by atoms with Crippen LogP contribution in [0.5, 0.6) is 23.0 Å². The third kappa shape index (κ3) is 38.5. The molecule has 0 bridgehead atoms. The Labute approximate surface area is 303 Å². The third-order valence-corrected chi connectivity index (χ3v) is 6.54. The summed E-state index contributed by atoms with van der Waals surface area (Å²) in [6, 6.07) is 11.0. The van der Waals surface area contributed by atoms with Gasteiger partial charge in [-0.1, -0.05) is 90.9 Å². The number of benzene rings is 2. The fourth-order valence-electron chi connectivity index (χ4n) is 4.33. The molecule has 4 N–H and O–H groups in total. The molecule has 0 saturated heterocycles. The van der Waals surface area contributed by atoms with Crippen LogP contribution < -0.4 is 4.74 Å². The predicted octanol–water partition coefficient (Wildman–Crippen LogP) is 13.3. The normalized spacial score (nSPS) is 8.57. The summed E-state index contributed by atoms with van der Waals surface area (Å²) in [5.41, 5.74) is 1.89. The van der Waals surface area contributed by atoms with Crippen LogP contribution in [0, 0.1) is 0 Å². The highest BCUT2D eigenvalue weighted by Gasteiger charge is 2.08. The Hall–Kier alpha value is -3.80. The lowest BCUT2D eigenvalue weighted by molar-refractivity contribution is 0.186. The molecule has 2 aromatic rings. The Morgan fingerprint density at radius 2 is 0.694 bits per heavy atom. The van der Waals surface area contributed by atoms with Crippen LogP contribution in [-0.2, 0) is 12.8 Å². The fourth-order valence-corrected chi connectivity index (χ4v) is 4.33. The molecule has 0 aliphatic heterocycles. The quantitative estimate of drug-likeness (QED) is 0.0873. The average molecular weight is 685 g/mol. The number of aryl methyl sites for hydroxylation is 2. The van der Waals surface area contributed by atoms with E-state index in [2.05, 4.69) is 92.8 Å². The number of unbranched alkanes of at least 4 members (excludes halogenated alkanes) is 12. The Bertz CT molecular complexity index is 831. The van der Waals surface area contributed by atoms with Gasteiger partial charge in [0.25, 0.3) is 0 Å². The van der Waals surface area contributed by atoms with Gasteiger partial charge in [-0.25, -0.2) is 0 Å². The highest BCUT2D eigenvalue weighted by molar-refractivity contribution is 5.44. The van der Waals surface area contributed by atoms with Gasteiger partial charge in [0.05, 0.1) is 13.2 Å². The Morgan fingerprint density at radius 3 is 0.959 bits per heavy atom. The van der Waals surface area contributed by atoms with E-state index in [-0.39, 0.29) is 13.2 Å². The minimum absolute atomic E-state index is 0.125. The fraction of sp³-hybridized carbons (Fsp3) is 0.455. The molecule has 282 valence electrons. The first-order valence-electron chi connectivity index (χ1n) is 17.6. The van der Waals surface area contributed by atoms with Crippen molar-refractivity contribution in [2.75, 3.05) is 13.2 Å². The van der Waals surface area contributed by atoms with Crippen LogP contribution in [0.15, 0.2) is 115 Å². The second-order valence-corrected chi connectivity index (χ2v) is 9.87. The molecule has 0 atom stereocenters. The monoisotopic (exact) mass is 685 g/mol. The first kappa shape index (κ1) is 57.5. The van der Waals surface area contributed by atoms with E-state index in [1.54, 1.807) is 12.1 Å². The van der Waals surface area contributed by atoms with E-state index in [0.29, 0.717) is 11.5 Å². The van der Waals surface area contributed by atoms with Gasteiger partial charge in [-0.3, -0.25) is 0 Å². The zero-order valence-electron chi connectivity index (χ0n) is 31.9. The number of phenolic OH excluding ortho intramolecular Hbond substituents is 2. The molecule has 49 heavy (non-hydrogen) atoms. The van der Waals surface area contributed by atoms with Crippen molar-refractivity contribution in [2.24, 2.45) is 0 Å². The molecule has 0 fully saturated rings. The van der Waals surface area contributed by atoms with Crippen molar-refractivity contribution in [2.45, 2.75) is 117 Å². The van der Waals surface area contributed by atoms with Gasteiger partial charge >= 0.3 is 0 Å². The van der Waals surface area contributed by atoms with Gasteiger partial charge in [0.1, 0.15) is 23.0 Å². The van der Waals surface area contributed by atoms with Crippen LogP contribution in [0.2, 0.25) is 0 Å². The molecular weight excluding hydrogens is 608 g/mol. The molecule has 0 amide bonds. The van der Waals surface area contributed by atoms with E-state index < -0.39 is 0 Å². The summed E-state index contributed by atoms with van der Waals surface area (Å²) in [6.45, 7) is 40.2. The molecule has 2 aromatic carbocycles. The average Bonchev–Trinajstić information content (AvgIpc) is 3.18. The zero-order valence-corrected chi connectivity index (χ0v) is 31.9. The van der Waals surface area contributed by atoms with Gasteiger partial charge < -0.3 is 25.2 Å². The number of aromatic hydroxyl groups is 2. The Kier molecular flexibility index (Phi) is 63.0. The molecule has 5 nitrogen and oxygen atoms in total. The molecule has 0 radical (unpaired) electrons. The maximum atomic E-state index is 10.3. The number of aliphatic hydroxyl groups excluding tert-OH is 2. The standard InChI is InChI=1S/C30H46O3.C2H6O2.6C2H4/c1-3-5-7-9-11-13-15-17-25-23-27(19-21-29(25)31)33-28-20-22-30(32)26(24-28)18-16-14-12-10-8-6-4-2;3-1-2-4;6*1-2/h19-24,31-32H,3-18H2,1-2H3;3-4H,1-2H2;6*1-2H2. The van der Waals surface area contributed by atoms with E-state index in [1.807, 2.05) is 24.3 Å². The first-order chi connectivity index (χ1) is 24.0. The molecule has 0 saturated carbocycles. The molecule has 0 aliphatic carbocycles. The second-order valence-electron chi connectivity index (χ2n) is 9.87. The summed E-state index contributed by atoms with van der Waals surface area (Å²) >= 11 is 0. The lowest BCUT2D eigenvalue weighted by Gasteiger charge is -2.12. The predicted molar refractivity (Wildman–Crippen MR) is 221 cm³/mol.